The highest BCUT2D eigenvalue weighted by Crippen LogP contribution is 2.18. The number of carbonyl (C=O) groups is 1. The Balaban J connectivity index is 1.81. The number of benzene rings is 1. The Morgan fingerprint density at radius 2 is 2.32 bits per heavy atom. The van der Waals surface area contributed by atoms with E-state index in [9.17, 15) is 4.79 Å². The summed E-state index contributed by atoms with van der Waals surface area (Å²) in [5.41, 5.74) is 6.53. The van der Waals surface area contributed by atoms with Gasteiger partial charge in [-0.2, -0.15) is 0 Å². The lowest BCUT2D eigenvalue weighted by Gasteiger charge is -2.07. The second kappa shape index (κ2) is 6.19. The van der Waals surface area contributed by atoms with E-state index in [4.69, 9.17) is 17.3 Å². The maximum atomic E-state index is 11.9. The van der Waals surface area contributed by atoms with Crippen LogP contribution in [-0.4, -0.2) is 27.4 Å². The van der Waals surface area contributed by atoms with Gasteiger partial charge in [0.1, 0.15) is 0 Å². The van der Waals surface area contributed by atoms with Gasteiger partial charge in [0.05, 0.1) is 16.8 Å². The molecule has 0 spiro atoms. The van der Waals surface area contributed by atoms with Crippen molar-refractivity contribution >= 4 is 23.2 Å². The normalized spacial score (nSPS) is 10.4. The van der Waals surface area contributed by atoms with Gasteiger partial charge in [-0.3, -0.25) is 9.48 Å². The van der Waals surface area contributed by atoms with Crippen molar-refractivity contribution in [3.8, 4) is 0 Å². The number of hydrogen-bond donors (Lipinski definition) is 2. The number of amides is 1. The van der Waals surface area contributed by atoms with Crippen molar-refractivity contribution in [2.45, 2.75) is 13.0 Å². The van der Waals surface area contributed by atoms with Gasteiger partial charge in [-0.05, 0) is 24.6 Å². The van der Waals surface area contributed by atoms with Gasteiger partial charge >= 0.3 is 0 Å². The highest BCUT2D eigenvalue weighted by atomic mass is 35.5. The van der Waals surface area contributed by atoms with Crippen LogP contribution in [0.5, 0.6) is 0 Å². The van der Waals surface area contributed by atoms with Crippen LogP contribution in [0, 0.1) is 0 Å². The number of anilines is 1. The standard InChI is InChI=1S/C12H14ClN5O/c13-11-8-9(14)2-3-10(11)12(19)15-4-1-6-18-7-5-16-17-18/h2-3,5,7-8H,1,4,6,14H2,(H,15,19). The average molecular weight is 280 g/mol. The molecule has 2 rings (SSSR count). The first kappa shape index (κ1) is 13.4. The molecule has 0 saturated heterocycles. The second-order valence-electron chi connectivity index (χ2n) is 4.01. The summed E-state index contributed by atoms with van der Waals surface area (Å²) in [6, 6.07) is 4.83. The Labute approximate surface area is 115 Å². The highest BCUT2D eigenvalue weighted by molar-refractivity contribution is 6.34. The number of carbonyl (C=O) groups excluding carboxylic acids is 1. The molecule has 0 aliphatic heterocycles. The van der Waals surface area contributed by atoms with Gasteiger partial charge in [0.25, 0.3) is 5.91 Å². The van der Waals surface area contributed by atoms with E-state index in [2.05, 4.69) is 15.6 Å². The van der Waals surface area contributed by atoms with Gasteiger partial charge in [-0.25, -0.2) is 0 Å². The van der Waals surface area contributed by atoms with Crippen LogP contribution in [0.1, 0.15) is 16.8 Å². The van der Waals surface area contributed by atoms with Crippen LogP contribution in [0.25, 0.3) is 0 Å². The molecule has 0 unspecified atom stereocenters. The number of aryl methyl sites for hydroxylation is 1. The fraction of sp³-hybridized carbons (Fsp3) is 0.250. The summed E-state index contributed by atoms with van der Waals surface area (Å²) in [6.45, 7) is 1.25. The molecular formula is C12H14ClN5O. The number of hydrogen-bond acceptors (Lipinski definition) is 4. The van der Waals surface area contributed by atoms with Crippen LogP contribution in [0.3, 0.4) is 0 Å². The first-order valence-electron chi connectivity index (χ1n) is 5.84. The number of aromatic nitrogens is 3. The van der Waals surface area contributed by atoms with Crippen LogP contribution in [0.4, 0.5) is 5.69 Å². The molecule has 3 N–H and O–H groups in total. The molecule has 2 aromatic rings. The molecular weight excluding hydrogens is 266 g/mol. The zero-order valence-electron chi connectivity index (χ0n) is 10.2. The van der Waals surface area contributed by atoms with Crippen LogP contribution in [0.2, 0.25) is 5.02 Å². The molecule has 0 fully saturated rings. The van der Waals surface area contributed by atoms with Crippen LogP contribution < -0.4 is 11.1 Å². The van der Waals surface area contributed by atoms with Crippen molar-refractivity contribution in [3.05, 3.63) is 41.2 Å². The molecule has 1 aromatic carbocycles. The number of rotatable bonds is 5. The number of nitrogens with one attached hydrogen (secondary N) is 1. The molecule has 6 nitrogen and oxygen atoms in total. The lowest BCUT2D eigenvalue weighted by molar-refractivity contribution is 0.0953. The van der Waals surface area contributed by atoms with Gasteiger partial charge in [0, 0.05) is 25.0 Å². The summed E-state index contributed by atoms with van der Waals surface area (Å²) in [5, 5.41) is 10.7. The Kier molecular flexibility index (Phi) is 4.35. The summed E-state index contributed by atoms with van der Waals surface area (Å²) in [4.78, 5) is 11.9. The SMILES string of the molecule is Nc1ccc(C(=O)NCCCn2ccnn2)c(Cl)c1. The average Bonchev–Trinajstić information content (AvgIpc) is 2.87. The third kappa shape index (κ3) is 3.69. The highest BCUT2D eigenvalue weighted by Gasteiger charge is 2.09. The fourth-order valence-electron chi connectivity index (χ4n) is 1.61. The van der Waals surface area contributed by atoms with Crippen LogP contribution in [0.15, 0.2) is 30.6 Å². The predicted molar refractivity (Wildman–Crippen MR) is 72.8 cm³/mol. The minimum Gasteiger partial charge on any atom is -0.399 e. The van der Waals surface area contributed by atoms with E-state index in [1.165, 1.54) is 0 Å². The zero-order valence-corrected chi connectivity index (χ0v) is 11.0. The molecule has 1 aromatic heterocycles. The van der Waals surface area contributed by atoms with E-state index < -0.39 is 0 Å². The van der Waals surface area contributed by atoms with Crippen molar-refractivity contribution in [1.29, 1.82) is 0 Å². The number of nitrogen functional groups attached to an aromatic ring is 1. The Morgan fingerprint density at radius 1 is 1.47 bits per heavy atom. The molecule has 0 saturated carbocycles. The summed E-state index contributed by atoms with van der Waals surface area (Å²) < 4.78 is 1.71. The van der Waals surface area contributed by atoms with E-state index in [1.54, 1.807) is 35.3 Å². The molecule has 7 heteroatoms. The van der Waals surface area contributed by atoms with E-state index in [1.807, 2.05) is 0 Å². The smallest absolute Gasteiger partial charge is 0.252 e. The predicted octanol–water partition coefficient (Wildman–Crippen LogP) is 1.33. The molecule has 0 bridgehead atoms. The summed E-state index contributed by atoms with van der Waals surface area (Å²) in [5.74, 6) is -0.205. The monoisotopic (exact) mass is 279 g/mol. The third-order valence-corrected chi connectivity index (χ3v) is 2.87. The minimum absolute atomic E-state index is 0.205. The van der Waals surface area contributed by atoms with Gasteiger partial charge in [-0.1, -0.05) is 16.8 Å². The lowest BCUT2D eigenvalue weighted by Crippen LogP contribution is -2.25. The van der Waals surface area contributed by atoms with Gasteiger partial charge in [0.2, 0.25) is 0 Å². The maximum absolute atomic E-state index is 11.9. The lowest BCUT2D eigenvalue weighted by atomic mass is 10.2. The zero-order chi connectivity index (χ0) is 13.7. The fourth-order valence-corrected chi connectivity index (χ4v) is 1.88. The van der Waals surface area contributed by atoms with E-state index in [0.717, 1.165) is 6.42 Å². The molecule has 0 radical (unpaired) electrons. The Hall–Kier alpha value is -2.08. The largest absolute Gasteiger partial charge is 0.399 e. The van der Waals surface area contributed by atoms with Gasteiger partial charge in [-0.15, -0.1) is 5.10 Å². The van der Waals surface area contributed by atoms with Gasteiger partial charge in [0.15, 0.2) is 0 Å². The molecule has 19 heavy (non-hydrogen) atoms. The Morgan fingerprint density at radius 3 is 3.00 bits per heavy atom. The third-order valence-electron chi connectivity index (χ3n) is 2.56. The summed E-state index contributed by atoms with van der Waals surface area (Å²) in [6.07, 6.45) is 4.16. The topological polar surface area (TPSA) is 85.8 Å². The van der Waals surface area contributed by atoms with Crippen molar-refractivity contribution < 1.29 is 4.79 Å². The number of halogens is 1. The van der Waals surface area contributed by atoms with Crippen molar-refractivity contribution in [1.82, 2.24) is 20.3 Å². The van der Waals surface area contributed by atoms with Crippen molar-refractivity contribution in [2.24, 2.45) is 0 Å². The number of nitrogens with zero attached hydrogens (tertiary/aromatic N) is 3. The summed E-state index contributed by atoms with van der Waals surface area (Å²) >= 11 is 5.96. The number of nitrogens with two attached hydrogens (primary N) is 1. The van der Waals surface area contributed by atoms with Gasteiger partial charge < -0.3 is 11.1 Å². The van der Waals surface area contributed by atoms with Crippen LogP contribution in [-0.2, 0) is 6.54 Å². The first-order chi connectivity index (χ1) is 9.16. The van der Waals surface area contributed by atoms with E-state index >= 15 is 0 Å². The minimum atomic E-state index is -0.205. The maximum Gasteiger partial charge on any atom is 0.252 e. The first-order valence-corrected chi connectivity index (χ1v) is 6.22. The van der Waals surface area contributed by atoms with Crippen molar-refractivity contribution in [3.63, 3.8) is 0 Å². The quantitative estimate of drug-likeness (QED) is 0.639. The molecule has 1 amide bonds. The van der Waals surface area contributed by atoms with E-state index in [0.29, 0.717) is 29.4 Å². The Bertz CT molecular complexity index is 555. The molecule has 0 aliphatic rings. The molecule has 100 valence electrons. The molecule has 0 atom stereocenters. The molecule has 0 aliphatic carbocycles. The summed E-state index contributed by atoms with van der Waals surface area (Å²) in [7, 11) is 0. The molecule has 1 heterocycles. The van der Waals surface area contributed by atoms with E-state index in [-0.39, 0.29) is 5.91 Å². The van der Waals surface area contributed by atoms with Crippen LogP contribution >= 0.6 is 11.6 Å². The van der Waals surface area contributed by atoms with Crippen molar-refractivity contribution in [2.75, 3.05) is 12.3 Å². The second-order valence-corrected chi connectivity index (χ2v) is 4.42.